The maximum absolute atomic E-state index is 5.59. The molecule has 1 saturated heterocycles. The zero-order valence-electron chi connectivity index (χ0n) is 12.3. The van der Waals surface area contributed by atoms with E-state index >= 15 is 0 Å². The van der Waals surface area contributed by atoms with Crippen molar-refractivity contribution in [3.05, 3.63) is 41.4 Å². The molecule has 1 N–H and O–H groups in total. The first-order valence-corrected chi connectivity index (χ1v) is 8.31. The van der Waals surface area contributed by atoms with E-state index in [1.165, 1.54) is 0 Å². The molecule has 0 aliphatic carbocycles. The van der Waals surface area contributed by atoms with Gasteiger partial charge in [0.2, 0.25) is 5.89 Å². The van der Waals surface area contributed by atoms with Crippen LogP contribution in [-0.4, -0.2) is 26.8 Å². The Balaban J connectivity index is 1.39. The molecule has 0 aromatic carbocycles. The van der Waals surface area contributed by atoms with Crippen molar-refractivity contribution in [2.75, 3.05) is 11.9 Å². The van der Waals surface area contributed by atoms with E-state index in [2.05, 4.69) is 25.5 Å². The van der Waals surface area contributed by atoms with E-state index in [9.17, 15) is 0 Å². The summed E-state index contributed by atoms with van der Waals surface area (Å²) in [5.74, 6) is 0.539. The average molecular weight is 329 g/mol. The predicted molar refractivity (Wildman–Crippen MR) is 84.9 cm³/mol. The van der Waals surface area contributed by atoms with Gasteiger partial charge in [-0.2, -0.15) is 0 Å². The van der Waals surface area contributed by atoms with Gasteiger partial charge in [0.05, 0.1) is 17.9 Å². The van der Waals surface area contributed by atoms with E-state index in [0.29, 0.717) is 18.5 Å². The van der Waals surface area contributed by atoms with Gasteiger partial charge in [0, 0.05) is 18.2 Å². The van der Waals surface area contributed by atoms with Crippen LogP contribution >= 0.6 is 11.3 Å². The quantitative estimate of drug-likeness (QED) is 0.770. The summed E-state index contributed by atoms with van der Waals surface area (Å²) in [7, 11) is 0. The minimum atomic E-state index is -0.0620. The maximum atomic E-state index is 5.59. The number of ether oxygens (including phenoxy) is 1. The fourth-order valence-corrected chi connectivity index (χ4v) is 3.16. The Labute approximate surface area is 136 Å². The summed E-state index contributed by atoms with van der Waals surface area (Å²) in [4.78, 5) is 8.86. The highest BCUT2D eigenvalue weighted by molar-refractivity contribution is 7.13. The molecule has 1 atom stereocenters. The Bertz CT molecular complexity index is 767. The van der Waals surface area contributed by atoms with Crippen molar-refractivity contribution < 1.29 is 9.15 Å². The SMILES string of the molecule is c1ccc(-c2nc(CNc3nnc(C4CCCO4)o3)cs2)nc1. The molecule has 1 unspecified atom stereocenters. The van der Waals surface area contributed by atoms with E-state index in [-0.39, 0.29) is 6.10 Å². The van der Waals surface area contributed by atoms with Crippen LogP contribution < -0.4 is 5.32 Å². The molecule has 0 amide bonds. The largest absolute Gasteiger partial charge is 0.405 e. The van der Waals surface area contributed by atoms with Gasteiger partial charge in [-0.3, -0.25) is 4.98 Å². The average Bonchev–Trinajstić information content (AvgIpc) is 3.33. The van der Waals surface area contributed by atoms with Gasteiger partial charge in [-0.05, 0) is 25.0 Å². The van der Waals surface area contributed by atoms with Gasteiger partial charge in [0.25, 0.3) is 0 Å². The third-order valence-electron chi connectivity index (χ3n) is 3.50. The lowest BCUT2D eigenvalue weighted by Gasteiger charge is -2.01. The summed E-state index contributed by atoms with van der Waals surface area (Å²) in [6.07, 6.45) is 3.67. The molecular weight excluding hydrogens is 314 g/mol. The van der Waals surface area contributed by atoms with Crippen LogP contribution in [0.25, 0.3) is 10.7 Å². The highest BCUT2D eigenvalue weighted by Crippen LogP contribution is 2.28. The summed E-state index contributed by atoms with van der Waals surface area (Å²) in [6.45, 7) is 1.28. The molecule has 1 aliphatic heterocycles. The number of nitrogens with one attached hydrogen (secondary N) is 1. The lowest BCUT2D eigenvalue weighted by molar-refractivity contribution is 0.0897. The van der Waals surface area contributed by atoms with Crippen molar-refractivity contribution in [1.29, 1.82) is 0 Å². The summed E-state index contributed by atoms with van der Waals surface area (Å²) >= 11 is 1.56. The lowest BCUT2D eigenvalue weighted by atomic mass is 10.2. The predicted octanol–water partition coefficient (Wildman–Crippen LogP) is 3.05. The van der Waals surface area contributed by atoms with Gasteiger partial charge in [0.15, 0.2) is 0 Å². The lowest BCUT2D eigenvalue weighted by Crippen LogP contribution is -2.00. The molecule has 1 aliphatic rings. The maximum Gasteiger partial charge on any atom is 0.315 e. The van der Waals surface area contributed by atoms with Crippen LogP contribution in [0.2, 0.25) is 0 Å². The highest BCUT2D eigenvalue weighted by Gasteiger charge is 2.23. The van der Waals surface area contributed by atoms with Crippen molar-refractivity contribution in [3.8, 4) is 10.7 Å². The van der Waals surface area contributed by atoms with E-state index in [1.54, 1.807) is 17.5 Å². The molecule has 8 heteroatoms. The fourth-order valence-electron chi connectivity index (χ4n) is 2.37. The summed E-state index contributed by atoms with van der Waals surface area (Å²) in [6, 6.07) is 6.18. The van der Waals surface area contributed by atoms with Crippen LogP contribution in [0.4, 0.5) is 6.01 Å². The number of aromatic nitrogens is 4. The molecule has 4 heterocycles. The monoisotopic (exact) mass is 329 g/mol. The van der Waals surface area contributed by atoms with Gasteiger partial charge in [-0.1, -0.05) is 11.2 Å². The second kappa shape index (κ2) is 6.43. The number of pyridine rings is 1. The number of hydrogen-bond acceptors (Lipinski definition) is 8. The molecule has 23 heavy (non-hydrogen) atoms. The van der Waals surface area contributed by atoms with Gasteiger partial charge in [0.1, 0.15) is 11.1 Å². The van der Waals surface area contributed by atoms with Crippen molar-refractivity contribution >= 4 is 17.4 Å². The standard InChI is InChI=1S/C15H15N5O2S/c1-2-6-16-11(4-1)14-18-10(9-23-14)8-17-15-20-19-13(22-15)12-5-3-7-21-12/h1-2,4,6,9,12H,3,5,7-8H2,(H,17,20). The smallest absolute Gasteiger partial charge is 0.315 e. The van der Waals surface area contributed by atoms with Crippen LogP contribution in [0.1, 0.15) is 30.5 Å². The van der Waals surface area contributed by atoms with Crippen molar-refractivity contribution in [1.82, 2.24) is 20.2 Å². The Kier molecular flexibility index (Phi) is 3.99. The molecule has 7 nitrogen and oxygen atoms in total. The second-order valence-electron chi connectivity index (χ2n) is 5.16. The summed E-state index contributed by atoms with van der Waals surface area (Å²) in [5.41, 5.74) is 1.79. The number of anilines is 1. The zero-order chi connectivity index (χ0) is 15.5. The number of thiazole rings is 1. The molecule has 3 aromatic heterocycles. The van der Waals surface area contributed by atoms with Gasteiger partial charge in [-0.25, -0.2) is 4.98 Å². The number of rotatable bonds is 5. The topological polar surface area (TPSA) is 86.0 Å². The molecule has 4 rings (SSSR count). The van der Waals surface area contributed by atoms with E-state index in [1.807, 2.05) is 23.6 Å². The molecule has 0 radical (unpaired) electrons. The molecule has 0 bridgehead atoms. The summed E-state index contributed by atoms with van der Waals surface area (Å²) in [5, 5.41) is 14.0. The second-order valence-corrected chi connectivity index (χ2v) is 6.02. The Morgan fingerprint density at radius 2 is 2.30 bits per heavy atom. The van der Waals surface area contributed by atoms with Gasteiger partial charge in [-0.15, -0.1) is 16.4 Å². The third kappa shape index (κ3) is 3.22. The molecular formula is C15H15N5O2S. The van der Waals surface area contributed by atoms with Crippen molar-refractivity contribution in [3.63, 3.8) is 0 Å². The van der Waals surface area contributed by atoms with Crippen LogP contribution in [-0.2, 0) is 11.3 Å². The van der Waals surface area contributed by atoms with Crippen molar-refractivity contribution in [2.24, 2.45) is 0 Å². The Morgan fingerprint density at radius 3 is 3.13 bits per heavy atom. The van der Waals surface area contributed by atoms with Gasteiger partial charge >= 0.3 is 6.01 Å². The van der Waals surface area contributed by atoms with Crippen LogP contribution in [0, 0.1) is 0 Å². The normalized spacial score (nSPS) is 17.5. The molecule has 3 aromatic rings. The van der Waals surface area contributed by atoms with Crippen LogP contribution in [0.3, 0.4) is 0 Å². The first-order chi connectivity index (χ1) is 11.4. The van der Waals surface area contributed by atoms with E-state index in [0.717, 1.165) is 35.8 Å². The van der Waals surface area contributed by atoms with E-state index < -0.39 is 0 Å². The minimum absolute atomic E-state index is 0.0620. The van der Waals surface area contributed by atoms with Crippen molar-refractivity contribution in [2.45, 2.75) is 25.5 Å². The fraction of sp³-hybridized carbons (Fsp3) is 0.333. The third-order valence-corrected chi connectivity index (χ3v) is 4.42. The van der Waals surface area contributed by atoms with Gasteiger partial charge < -0.3 is 14.5 Å². The number of nitrogens with zero attached hydrogens (tertiary/aromatic N) is 4. The zero-order valence-corrected chi connectivity index (χ0v) is 13.1. The first kappa shape index (κ1) is 14.3. The molecule has 1 fully saturated rings. The van der Waals surface area contributed by atoms with Crippen LogP contribution in [0.5, 0.6) is 0 Å². The molecule has 0 saturated carbocycles. The number of hydrogen-bond donors (Lipinski definition) is 1. The molecule has 0 spiro atoms. The Morgan fingerprint density at radius 1 is 1.30 bits per heavy atom. The van der Waals surface area contributed by atoms with Crippen LogP contribution in [0.15, 0.2) is 34.2 Å². The van der Waals surface area contributed by atoms with E-state index in [4.69, 9.17) is 9.15 Å². The Hall–Kier alpha value is -2.32. The summed E-state index contributed by atoms with van der Waals surface area (Å²) < 4.78 is 11.1. The first-order valence-electron chi connectivity index (χ1n) is 7.43. The highest BCUT2D eigenvalue weighted by atomic mass is 32.1. The molecule has 118 valence electrons. The minimum Gasteiger partial charge on any atom is -0.405 e.